The molecular formula is C23H25FN2O2. The molecule has 0 spiro atoms. The molecule has 4 rings (SSSR count). The number of fused-ring (bicyclic) bond motifs is 1. The van der Waals surface area contributed by atoms with Crippen LogP contribution in [0.1, 0.15) is 42.0 Å². The van der Waals surface area contributed by atoms with Crippen LogP contribution < -0.4 is 5.32 Å². The van der Waals surface area contributed by atoms with Gasteiger partial charge in [0.05, 0.1) is 18.4 Å². The number of hydrogen-bond donors (Lipinski definition) is 1. The molecule has 28 heavy (non-hydrogen) atoms. The Balaban J connectivity index is 1.35. The SMILES string of the molecule is O=C(NC1CCc2ccccc21)C1CCCN(C(=O)Cc2ccc(F)cc2)C1. The lowest BCUT2D eigenvalue weighted by Gasteiger charge is -2.33. The van der Waals surface area contributed by atoms with Gasteiger partial charge in [-0.1, -0.05) is 36.4 Å². The molecule has 2 aromatic carbocycles. The largest absolute Gasteiger partial charge is 0.349 e. The van der Waals surface area contributed by atoms with E-state index >= 15 is 0 Å². The lowest BCUT2D eigenvalue weighted by molar-refractivity contribution is -0.135. The van der Waals surface area contributed by atoms with Gasteiger partial charge in [-0.05, 0) is 54.5 Å². The highest BCUT2D eigenvalue weighted by atomic mass is 19.1. The molecular weight excluding hydrogens is 355 g/mol. The van der Waals surface area contributed by atoms with Gasteiger partial charge in [0.1, 0.15) is 5.82 Å². The van der Waals surface area contributed by atoms with Crippen LogP contribution in [-0.2, 0) is 22.4 Å². The third kappa shape index (κ3) is 4.08. The number of hydrogen-bond acceptors (Lipinski definition) is 2. The second kappa shape index (κ2) is 8.13. The second-order valence-corrected chi connectivity index (χ2v) is 7.78. The standard InChI is InChI=1S/C23H25FN2O2/c24-19-10-7-16(8-11-19)14-22(27)26-13-3-5-18(15-26)23(28)25-21-12-9-17-4-1-2-6-20(17)21/h1-2,4,6-8,10-11,18,21H,3,5,9,12-15H2,(H,25,28). The van der Waals surface area contributed by atoms with Gasteiger partial charge in [-0.15, -0.1) is 0 Å². The zero-order valence-electron chi connectivity index (χ0n) is 15.9. The predicted molar refractivity (Wildman–Crippen MR) is 105 cm³/mol. The average molecular weight is 380 g/mol. The minimum Gasteiger partial charge on any atom is -0.349 e. The van der Waals surface area contributed by atoms with Crippen molar-refractivity contribution < 1.29 is 14.0 Å². The minimum atomic E-state index is -0.306. The van der Waals surface area contributed by atoms with E-state index in [1.165, 1.54) is 23.3 Å². The zero-order valence-corrected chi connectivity index (χ0v) is 15.9. The maximum absolute atomic E-state index is 13.0. The smallest absolute Gasteiger partial charge is 0.227 e. The summed E-state index contributed by atoms with van der Waals surface area (Å²) in [7, 11) is 0. The fourth-order valence-electron chi connectivity index (χ4n) is 4.30. The number of carbonyl (C=O) groups excluding carboxylic acids is 2. The lowest BCUT2D eigenvalue weighted by Crippen LogP contribution is -2.46. The van der Waals surface area contributed by atoms with Crippen molar-refractivity contribution in [2.75, 3.05) is 13.1 Å². The van der Waals surface area contributed by atoms with Crippen molar-refractivity contribution in [3.63, 3.8) is 0 Å². The first-order chi connectivity index (χ1) is 13.6. The fourth-order valence-corrected chi connectivity index (χ4v) is 4.30. The summed E-state index contributed by atoms with van der Waals surface area (Å²) in [6.07, 6.45) is 3.80. The zero-order chi connectivity index (χ0) is 19.5. The molecule has 1 aliphatic heterocycles. The Bertz CT molecular complexity index is 865. The molecule has 5 heteroatoms. The molecule has 0 aromatic heterocycles. The van der Waals surface area contributed by atoms with Crippen molar-refractivity contribution in [2.24, 2.45) is 5.92 Å². The Hall–Kier alpha value is -2.69. The number of amides is 2. The topological polar surface area (TPSA) is 49.4 Å². The highest BCUT2D eigenvalue weighted by Gasteiger charge is 2.31. The predicted octanol–water partition coefficient (Wildman–Crippen LogP) is 3.41. The first kappa shape index (κ1) is 18.7. The van der Waals surface area contributed by atoms with Crippen LogP contribution in [0.3, 0.4) is 0 Å². The Kier molecular flexibility index (Phi) is 5.42. The van der Waals surface area contributed by atoms with Gasteiger partial charge in [0.25, 0.3) is 0 Å². The van der Waals surface area contributed by atoms with Crippen molar-refractivity contribution in [1.82, 2.24) is 10.2 Å². The summed E-state index contributed by atoms with van der Waals surface area (Å²) in [5, 5.41) is 3.20. The van der Waals surface area contributed by atoms with Crippen LogP contribution in [0.15, 0.2) is 48.5 Å². The Morgan fingerprint density at radius 2 is 1.86 bits per heavy atom. The summed E-state index contributed by atoms with van der Waals surface area (Å²) < 4.78 is 13.0. The van der Waals surface area contributed by atoms with E-state index in [4.69, 9.17) is 0 Å². The van der Waals surface area contributed by atoms with Crippen molar-refractivity contribution in [3.8, 4) is 0 Å². The van der Waals surface area contributed by atoms with Gasteiger partial charge in [-0.25, -0.2) is 4.39 Å². The normalized spacial score (nSPS) is 21.2. The van der Waals surface area contributed by atoms with Crippen LogP contribution in [0.25, 0.3) is 0 Å². The molecule has 1 saturated heterocycles. The molecule has 1 aliphatic carbocycles. The number of nitrogens with one attached hydrogen (secondary N) is 1. The molecule has 1 N–H and O–H groups in total. The number of halogens is 1. The van der Waals surface area contributed by atoms with Gasteiger partial charge in [-0.3, -0.25) is 9.59 Å². The highest BCUT2D eigenvalue weighted by Crippen LogP contribution is 2.31. The minimum absolute atomic E-state index is 0.00433. The summed E-state index contributed by atoms with van der Waals surface area (Å²) in [5.74, 6) is -0.436. The van der Waals surface area contributed by atoms with Crippen LogP contribution in [0, 0.1) is 11.7 Å². The molecule has 146 valence electrons. The summed E-state index contributed by atoms with van der Waals surface area (Å²) in [6, 6.07) is 14.4. The lowest BCUT2D eigenvalue weighted by atomic mass is 9.95. The Morgan fingerprint density at radius 3 is 2.68 bits per heavy atom. The Labute approximate surface area is 164 Å². The molecule has 2 aliphatic rings. The van der Waals surface area contributed by atoms with Crippen molar-refractivity contribution >= 4 is 11.8 Å². The Morgan fingerprint density at radius 1 is 1.07 bits per heavy atom. The van der Waals surface area contributed by atoms with E-state index in [9.17, 15) is 14.0 Å². The van der Waals surface area contributed by atoms with Gasteiger partial charge in [0.2, 0.25) is 11.8 Å². The molecule has 4 nitrogen and oxygen atoms in total. The van der Waals surface area contributed by atoms with Crippen LogP contribution in [-0.4, -0.2) is 29.8 Å². The van der Waals surface area contributed by atoms with E-state index in [1.807, 2.05) is 12.1 Å². The van der Waals surface area contributed by atoms with E-state index < -0.39 is 0 Å². The van der Waals surface area contributed by atoms with E-state index in [0.29, 0.717) is 13.1 Å². The number of nitrogens with zero attached hydrogens (tertiary/aromatic N) is 1. The molecule has 2 amide bonds. The number of benzene rings is 2. The number of piperidine rings is 1. The number of carbonyl (C=O) groups is 2. The molecule has 0 saturated carbocycles. The maximum atomic E-state index is 13.0. The summed E-state index contributed by atoms with van der Waals surface area (Å²) in [4.78, 5) is 27.2. The molecule has 0 bridgehead atoms. The van der Waals surface area contributed by atoms with Crippen LogP contribution in [0.2, 0.25) is 0 Å². The molecule has 2 aromatic rings. The van der Waals surface area contributed by atoms with E-state index in [-0.39, 0.29) is 36.0 Å². The first-order valence-electron chi connectivity index (χ1n) is 10.0. The van der Waals surface area contributed by atoms with Gasteiger partial charge in [-0.2, -0.15) is 0 Å². The number of aryl methyl sites for hydroxylation is 1. The van der Waals surface area contributed by atoms with Crippen LogP contribution in [0.5, 0.6) is 0 Å². The van der Waals surface area contributed by atoms with Crippen LogP contribution in [0.4, 0.5) is 4.39 Å². The quantitative estimate of drug-likeness (QED) is 0.884. The fraction of sp³-hybridized carbons (Fsp3) is 0.391. The average Bonchev–Trinajstić information content (AvgIpc) is 3.13. The maximum Gasteiger partial charge on any atom is 0.227 e. The summed E-state index contributed by atoms with van der Waals surface area (Å²) >= 11 is 0. The molecule has 1 heterocycles. The van der Waals surface area contributed by atoms with Crippen molar-refractivity contribution in [2.45, 2.75) is 38.1 Å². The van der Waals surface area contributed by atoms with Crippen LogP contribution >= 0.6 is 0 Å². The van der Waals surface area contributed by atoms with Gasteiger partial charge >= 0.3 is 0 Å². The van der Waals surface area contributed by atoms with Gasteiger partial charge in [0, 0.05) is 13.1 Å². The van der Waals surface area contributed by atoms with E-state index in [2.05, 4.69) is 17.4 Å². The van der Waals surface area contributed by atoms with Gasteiger partial charge in [0.15, 0.2) is 0 Å². The molecule has 0 radical (unpaired) electrons. The second-order valence-electron chi connectivity index (χ2n) is 7.78. The highest BCUT2D eigenvalue weighted by molar-refractivity contribution is 5.82. The molecule has 2 unspecified atom stereocenters. The van der Waals surface area contributed by atoms with Crippen molar-refractivity contribution in [3.05, 3.63) is 71.0 Å². The summed E-state index contributed by atoms with van der Waals surface area (Å²) in [6.45, 7) is 1.14. The molecule has 2 atom stereocenters. The summed E-state index contributed by atoms with van der Waals surface area (Å²) in [5.41, 5.74) is 3.32. The third-order valence-corrected chi connectivity index (χ3v) is 5.86. The molecule has 1 fully saturated rings. The third-order valence-electron chi connectivity index (χ3n) is 5.86. The number of likely N-dealkylation sites (tertiary alicyclic amines) is 1. The van der Waals surface area contributed by atoms with Crippen molar-refractivity contribution in [1.29, 1.82) is 0 Å². The first-order valence-corrected chi connectivity index (χ1v) is 10.0. The monoisotopic (exact) mass is 380 g/mol. The van der Waals surface area contributed by atoms with E-state index in [0.717, 1.165) is 31.2 Å². The number of rotatable bonds is 4. The van der Waals surface area contributed by atoms with E-state index in [1.54, 1.807) is 17.0 Å². The van der Waals surface area contributed by atoms with Gasteiger partial charge < -0.3 is 10.2 Å².